The Morgan fingerprint density at radius 3 is 2.62 bits per heavy atom. The number of rotatable bonds is 8. The topological polar surface area (TPSA) is 77.2 Å². The average Bonchev–Trinajstić information content (AvgIpc) is 3.22. The molecule has 3 aromatic rings. The number of ether oxygens (including phenoxy) is 1. The molecule has 2 heterocycles. The highest BCUT2D eigenvalue weighted by atomic mass is 16.5. The second-order valence-electron chi connectivity index (χ2n) is 5.75. The third-order valence-electron chi connectivity index (χ3n) is 3.99. The molecule has 2 aromatic heterocycles. The maximum atomic E-state index is 12.4. The van der Waals surface area contributed by atoms with Gasteiger partial charge < -0.3 is 14.5 Å². The maximum absolute atomic E-state index is 12.4. The van der Waals surface area contributed by atoms with Crippen LogP contribution in [0.15, 0.2) is 65.3 Å². The molecule has 1 amide bonds. The molecule has 0 aliphatic rings. The Hall–Kier alpha value is -3.15. The van der Waals surface area contributed by atoms with Crippen LogP contribution in [0.3, 0.4) is 0 Å². The summed E-state index contributed by atoms with van der Waals surface area (Å²) in [6.07, 6.45) is 2.33. The van der Waals surface area contributed by atoms with Gasteiger partial charge >= 0.3 is 0 Å². The molecule has 0 radical (unpaired) electrons. The summed E-state index contributed by atoms with van der Waals surface area (Å²) in [6, 6.07) is 16.9. The number of carbonyl (C=O) groups excluding carboxylic acids is 1. The highest BCUT2D eigenvalue weighted by Gasteiger charge is 2.17. The number of nitrogens with zero attached hydrogens (tertiary/aromatic N) is 2. The minimum Gasteiger partial charge on any atom is -0.475 e. The van der Waals surface area contributed by atoms with Crippen molar-refractivity contribution in [3.8, 4) is 17.3 Å². The summed E-state index contributed by atoms with van der Waals surface area (Å²) in [5.74, 6) is 0.914. The van der Waals surface area contributed by atoms with Crippen LogP contribution >= 0.6 is 0 Å². The van der Waals surface area contributed by atoms with Gasteiger partial charge in [0.15, 0.2) is 5.76 Å². The first-order valence-electron chi connectivity index (χ1n) is 8.61. The number of nitrogens with one attached hydrogen (secondary N) is 1. The van der Waals surface area contributed by atoms with Crippen molar-refractivity contribution in [2.24, 2.45) is 0 Å². The van der Waals surface area contributed by atoms with Crippen molar-refractivity contribution in [1.29, 1.82) is 0 Å². The summed E-state index contributed by atoms with van der Waals surface area (Å²) >= 11 is 0. The van der Waals surface area contributed by atoms with E-state index < -0.39 is 0 Å². The lowest BCUT2D eigenvalue weighted by Crippen LogP contribution is -2.32. The van der Waals surface area contributed by atoms with Gasteiger partial charge in [-0.1, -0.05) is 37.3 Å². The average molecular weight is 351 g/mol. The lowest BCUT2D eigenvalue weighted by molar-refractivity contribution is -0.122. The van der Waals surface area contributed by atoms with Crippen LogP contribution in [0.2, 0.25) is 0 Å². The van der Waals surface area contributed by atoms with E-state index in [0.29, 0.717) is 30.5 Å². The van der Waals surface area contributed by atoms with E-state index in [9.17, 15) is 4.79 Å². The monoisotopic (exact) mass is 351 g/mol. The van der Waals surface area contributed by atoms with Crippen LogP contribution in [0.25, 0.3) is 11.5 Å². The summed E-state index contributed by atoms with van der Waals surface area (Å²) in [4.78, 5) is 12.4. The van der Waals surface area contributed by atoms with Crippen molar-refractivity contribution in [2.75, 3.05) is 13.2 Å². The van der Waals surface area contributed by atoms with Crippen molar-refractivity contribution in [2.45, 2.75) is 19.3 Å². The minimum absolute atomic E-state index is 0.00144. The lowest BCUT2D eigenvalue weighted by atomic mass is 9.96. The van der Waals surface area contributed by atoms with E-state index in [1.165, 1.54) is 0 Å². The van der Waals surface area contributed by atoms with Gasteiger partial charge in [0.25, 0.3) is 0 Å². The summed E-state index contributed by atoms with van der Waals surface area (Å²) in [6.45, 7) is 2.74. The van der Waals surface area contributed by atoms with Crippen LogP contribution < -0.4 is 10.1 Å². The first kappa shape index (κ1) is 17.7. The zero-order valence-corrected chi connectivity index (χ0v) is 14.6. The molecule has 0 fully saturated rings. The largest absolute Gasteiger partial charge is 0.475 e. The molecule has 3 rings (SSSR count). The van der Waals surface area contributed by atoms with Crippen molar-refractivity contribution < 1.29 is 13.9 Å². The van der Waals surface area contributed by atoms with Gasteiger partial charge in [0.2, 0.25) is 11.8 Å². The van der Waals surface area contributed by atoms with Crippen LogP contribution in [-0.4, -0.2) is 29.3 Å². The second-order valence-corrected chi connectivity index (χ2v) is 5.75. The maximum Gasteiger partial charge on any atom is 0.233 e. The summed E-state index contributed by atoms with van der Waals surface area (Å²) in [5.41, 5.74) is 1.66. The van der Waals surface area contributed by atoms with E-state index in [1.807, 2.05) is 43.3 Å². The molecule has 1 atom stereocenters. The van der Waals surface area contributed by atoms with Gasteiger partial charge in [0.1, 0.15) is 12.3 Å². The molecule has 1 unspecified atom stereocenters. The number of hydrogen-bond donors (Lipinski definition) is 1. The predicted molar refractivity (Wildman–Crippen MR) is 97.7 cm³/mol. The summed E-state index contributed by atoms with van der Waals surface area (Å²) in [5, 5.41) is 11.0. The van der Waals surface area contributed by atoms with Gasteiger partial charge in [-0.05, 0) is 30.2 Å². The molecular weight excluding hydrogens is 330 g/mol. The van der Waals surface area contributed by atoms with E-state index in [1.54, 1.807) is 24.5 Å². The lowest BCUT2D eigenvalue weighted by Gasteiger charge is -2.15. The second kappa shape index (κ2) is 8.80. The van der Waals surface area contributed by atoms with Gasteiger partial charge in [-0.25, -0.2) is 0 Å². The third kappa shape index (κ3) is 4.47. The van der Waals surface area contributed by atoms with E-state index in [0.717, 1.165) is 12.0 Å². The molecule has 6 nitrogen and oxygen atoms in total. The fraction of sp³-hybridized carbons (Fsp3) is 0.250. The van der Waals surface area contributed by atoms with Crippen molar-refractivity contribution >= 4 is 5.91 Å². The van der Waals surface area contributed by atoms with Crippen LogP contribution in [0, 0.1) is 0 Å². The Kier molecular flexibility index (Phi) is 5.98. The molecule has 134 valence electrons. The highest BCUT2D eigenvalue weighted by molar-refractivity contribution is 5.83. The molecular formula is C20H21N3O3. The van der Waals surface area contributed by atoms with Crippen molar-refractivity contribution in [3.63, 3.8) is 0 Å². The Bertz CT molecular complexity index is 802. The number of amides is 1. The molecule has 0 saturated heterocycles. The Balaban J connectivity index is 1.45. The summed E-state index contributed by atoms with van der Waals surface area (Å²) < 4.78 is 10.8. The SMILES string of the molecule is CCC(C(=O)NCCOc1ccc(-c2ccco2)nn1)c1ccccc1. The molecule has 0 aliphatic carbocycles. The number of benzene rings is 1. The van der Waals surface area contributed by atoms with Crippen LogP contribution in [0.1, 0.15) is 24.8 Å². The number of hydrogen-bond acceptors (Lipinski definition) is 5. The first-order valence-corrected chi connectivity index (χ1v) is 8.61. The first-order chi connectivity index (χ1) is 12.8. The predicted octanol–water partition coefficient (Wildman–Crippen LogP) is 3.43. The molecule has 6 heteroatoms. The normalized spacial score (nSPS) is 11.7. The Labute approximate surface area is 152 Å². The minimum atomic E-state index is -0.149. The fourth-order valence-electron chi connectivity index (χ4n) is 2.66. The van der Waals surface area contributed by atoms with Crippen LogP contribution in [0.4, 0.5) is 0 Å². The molecule has 1 aromatic carbocycles. The zero-order valence-electron chi connectivity index (χ0n) is 14.6. The number of aromatic nitrogens is 2. The van der Waals surface area contributed by atoms with E-state index in [4.69, 9.17) is 9.15 Å². The number of furan rings is 1. The van der Waals surface area contributed by atoms with E-state index in [-0.39, 0.29) is 11.8 Å². The smallest absolute Gasteiger partial charge is 0.233 e. The molecule has 0 aliphatic heterocycles. The van der Waals surface area contributed by atoms with Gasteiger partial charge in [-0.15, -0.1) is 10.2 Å². The molecule has 0 spiro atoms. The zero-order chi connectivity index (χ0) is 18.2. The molecule has 0 saturated carbocycles. The van der Waals surface area contributed by atoms with Gasteiger partial charge in [-0.2, -0.15) is 0 Å². The van der Waals surface area contributed by atoms with Gasteiger partial charge in [-0.3, -0.25) is 4.79 Å². The Morgan fingerprint density at radius 1 is 1.12 bits per heavy atom. The molecule has 0 bridgehead atoms. The molecule has 26 heavy (non-hydrogen) atoms. The molecule has 1 N–H and O–H groups in total. The van der Waals surface area contributed by atoms with Crippen molar-refractivity contribution in [1.82, 2.24) is 15.5 Å². The number of carbonyl (C=O) groups is 1. The van der Waals surface area contributed by atoms with Crippen molar-refractivity contribution in [3.05, 3.63) is 66.4 Å². The van der Waals surface area contributed by atoms with Crippen LogP contribution in [-0.2, 0) is 4.79 Å². The highest BCUT2D eigenvalue weighted by Crippen LogP contribution is 2.19. The van der Waals surface area contributed by atoms with E-state index >= 15 is 0 Å². The van der Waals surface area contributed by atoms with Gasteiger partial charge in [0, 0.05) is 6.07 Å². The quantitative estimate of drug-likeness (QED) is 0.629. The Morgan fingerprint density at radius 2 is 1.96 bits per heavy atom. The van der Waals surface area contributed by atoms with Gasteiger partial charge in [0.05, 0.1) is 18.7 Å². The fourth-order valence-corrected chi connectivity index (χ4v) is 2.66. The summed E-state index contributed by atoms with van der Waals surface area (Å²) in [7, 11) is 0. The van der Waals surface area contributed by atoms with Crippen LogP contribution in [0.5, 0.6) is 5.88 Å². The third-order valence-corrected chi connectivity index (χ3v) is 3.99. The standard InChI is InChI=1S/C20H21N3O3/c1-2-16(15-7-4-3-5-8-15)20(24)21-12-14-26-19-11-10-17(22-23-19)18-9-6-13-25-18/h3-11,13,16H,2,12,14H2,1H3,(H,21,24). The van der Waals surface area contributed by atoms with E-state index in [2.05, 4.69) is 15.5 Å².